The first kappa shape index (κ1) is 15.5. The number of hydrogen-bond donors (Lipinski definition) is 2. The summed E-state index contributed by atoms with van der Waals surface area (Å²) in [5.74, 6) is 0. The molecule has 21 heavy (non-hydrogen) atoms. The number of sulfonamides is 1. The Morgan fingerprint density at radius 1 is 1.24 bits per heavy atom. The second-order valence-electron chi connectivity index (χ2n) is 4.60. The van der Waals surface area contributed by atoms with Gasteiger partial charge >= 0.3 is 0 Å². The maximum absolute atomic E-state index is 12.2. The summed E-state index contributed by atoms with van der Waals surface area (Å²) in [5.41, 5.74) is 8.86. The van der Waals surface area contributed by atoms with Crippen molar-refractivity contribution in [2.24, 2.45) is 0 Å². The molecule has 0 atom stereocenters. The van der Waals surface area contributed by atoms with Gasteiger partial charge in [-0.25, -0.2) is 17.8 Å². The lowest BCUT2D eigenvalue weighted by Gasteiger charge is -2.12. The number of benzene rings is 1. The number of nitrogens with zero attached hydrogens (tertiary/aromatic N) is 2. The van der Waals surface area contributed by atoms with Crippen molar-refractivity contribution >= 4 is 15.7 Å². The Labute approximate surface area is 125 Å². The van der Waals surface area contributed by atoms with Crippen molar-refractivity contribution in [2.45, 2.75) is 31.6 Å². The number of nitrogen functional groups attached to an aromatic ring is 1. The van der Waals surface area contributed by atoms with E-state index in [0.717, 1.165) is 11.4 Å². The Hall–Kier alpha value is -1.86. The van der Waals surface area contributed by atoms with Gasteiger partial charge < -0.3 is 5.73 Å². The van der Waals surface area contributed by atoms with E-state index in [1.807, 2.05) is 13.8 Å². The van der Waals surface area contributed by atoms with Crippen LogP contribution >= 0.6 is 0 Å². The molecule has 2 aromatic rings. The minimum absolute atomic E-state index is 0.187. The van der Waals surface area contributed by atoms with Crippen LogP contribution in [0.2, 0.25) is 0 Å². The predicted molar refractivity (Wildman–Crippen MR) is 83.0 cm³/mol. The van der Waals surface area contributed by atoms with E-state index in [1.165, 1.54) is 7.05 Å². The van der Waals surface area contributed by atoms with Gasteiger partial charge in [-0.1, -0.05) is 26.0 Å². The van der Waals surface area contributed by atoms with E-state index in [2.05, 4.69) is 9.82 Å². The van der Waals surface area contributed by atoms with Crippen molar-refractivity contribution in [3.8, 4) is 5.69 Å². The second kappa shape index (κ2) is 5.87. The average Bonchev–Trinajstić information content (AvgIpc) is 2.83. The van der Waals surface area contributed by atoms with E-state index >= 15 is 0 Å². The summed E-state index contributed by atoms with van der Waals surface area (Å²) in [6.45, 7) is 3.94. The Morgan fingerprint density at radius 3 is 2.48 bits per heavy atom. The van der Waals surface area contributed by atoms with Crippen molar-refractivity contribution < 1.29 is 8.42 Å². The van der Waals surface area contributed by atoms with Crippen molar-refractivity contribution in [1.29, 1.82) is 0 Å². The molecule has 3 N–H and O–H groups in total. The van der Waals surface area contributed by atoms with Crippen molar-refractivity contribution in [2.75, 3.05) is 12.8 Å². The van der Waals surface area contributed by atoms with Crippen LogP contribution in [0, 0.1) is 0 Å². The summed E-state index contributed by atoms with van der Waals surface area (Å²) >= 11 is 0. The summed E-state index contributed by atoms with van der Waals surface area (Å²) in [7, 11) is -2.17. The van der Waals surface area contributed by atoms with E-state index in [0.29, 0.717) is 24.2 Å². The zero-order valence-electron chi connectivity index (χ0n) is 12.4. The Bertz CT molecular complexity index is 750. The van der Waals surface area contributed by atoms with Gasteiger partial charge in [0.05, 0.1) is 22.8 Å². The van der Waals surface area contributed by atoms with E-state index in [4.69, 9.17) is 5.73 Å². The number of aryl methyl sites for hydroxylation is 1. The van der Waals surface area contributed by atoms with Gasteiger partial charge in [0.15, 0.2) is 0 Å². The van der Waals surface area contributed by atoms with Gasteiger partial charge in [0.25, 0.3) is 0 Å². The van der Waals surface area contributed by atoms with Gasteiger partial charge in [0.1, 0.15) is 4.90 Å². The normalized spacial score (nSPS) is 11.8. The molecule has 0 aliphatic rings. The van der Waals surface area contributed by atoms with Crippen LogP contribution in [0.4, 0.5) is 5.69 Å². The molecule has 0 saturated heterocycles. The third-order valence-electron chi connectivity index (χ3n) is 3.42. The summed E-state index contributed by atoms with van der Waals surface area (Å²) < 4.78 is 28.3. The third-order valence-corrected chi connectivity index (χ3v) is 4.88. The zero-order valence-corrected chi connectivity index (χ0v) is 13.2. The minimum atomic E-state index is -3.56. The van der Waals surface area contributed by atoms with E-state index < -0.39 is 10.0 Å². The number of para-hydroxylation sites is 1. The summed E-state index contributed by atoms with van der Waals surface area (Å²) in [6, 6.07) is 6.76. The van der Waals surface area contributed by atoms with Gasteiger partial charge in [-0.15, -0.1) is 0 Å². The van der Waals surface area contributed by atoms with Gasteiger partial charge in [-0.05, 0) is 32.0 Å². The molecule has 0 bridgehead atoms. The lowest BCUT2D eigenvalue weighted by Crippen LogP contribution is -2.21. The van der Waals surface area contributed by atoms with Crippen LogP contribution in [-0.4, -0.2) is 25.2 Å². The first-order chi connectivity index (χ1) is 9.96. The lowest BCUT2D eigenvalue weighted by molar-refractivity contribution is 0.586. The van der Waals surface area contributed by atoms with E-state index in [-0.39, 0.29) is 4.90 Å². The first-order valence-corrected chi connectivity index (χ1v) is 8.33. The van der Waals surface area contributed by atoms with Crippen LogP contribution in [0.25, 0.3) is 5.69 Å². The van der Waals surface area contributed by atoms with Crippen LogP contribution in [0.5, 0.6) is 0 Å². The second-order valence-corrected chi connectivity index (χ2v) is 6.46. The molecule has 0 fully saturated rings. The van der Waals surface area contributed by atoms with Crippen molar-refractivity contribution in [1.82, 2.24) is 14.5 Å². The molecule has 1 aromatic heterocycles. The van der Waals surface area contributed by atoms with Gasteiger partial charge in [-0.2, -0.15) is 5.10 Å². The molecule has 114 valence electrons. The number of nitrogens with two attached hydrogens (primary N) is 1. The molecule has 7 heteroatoms. The summed E-state index contributed by atoms with van der Waals surface area (Å²) in [4.78, 5) is 0.187. The van der Waals surface area contributed by atoms with Crippen molar-refractivity contribution in [3.63, 3.8) is 0 Å². The molecule has 0 unspecified atom stereocenters. The van der Waals surface area contributed by atoms with E-state index in [1.54, 1.807) is 28.9 Å². The van der Waals surface area contributed by atoms with Gasteiger partial charge in [-0.3, -0.25) is 0 Å². The smallest absolute Gasteiger partial charge is 0.242 e. The molecular formula is C14H20N4O2S. The largest absolute Gasteiger partial charge is 0.396 e. The lowest BCUT2D eigenvalue weighted by atomic mass is 10.2. The fourth-order valence-corrected chi connectivity index (χ4v) is 3.19. The molecular weight excluding hydrogens is 288 g/mol. The molecule has 0 amide bonds. The predicted octanol–water partition coefficient (Wildman–Crippen LogP) is 1.49. The highest BCUT2D eigenvalue weighted by atomic mass is 32.2. The Balaban J connectivity index is 2.75. The van der Waals surface area contributed by atoms with Crippen LogP contribution in [0.3, 0.4) is 0 Å². The summed E-state index contributed by atoms with van der Waals surface area (Å²) in [6.07, 6.45) is 1.37. The van der Waals surface area contributed by atoms with Crippen molar-refractivity contribution in [3.05, 3.63) is 35.7 Å². The number of rotatable bonds is 5. The molecule has 6 nitrogen and oxygen atoms in total. The topological polar surface area (TPSA) is 90.0 Å². The molecule has 0 spiro atoms. The number of aromatic nitrogens is 2. The molecule has 0 aliphatic carbocycles. The highest BCUT2D eigenvalue weighted by molar-refractivity contribution is 7.89. The standard InChI is InChI=1S/C14H20N4O2S/c1-4-10-14(15)11(5-2)18(17-10)12-8-6-7-9-13(12)21(19,20)16-3/h6-9,16H,4-5,15H2,1-3H3. The zero-order chi connectivity index (χ0) is 15.6. The molecule has 0 aliphatic heterocycles. The van der Waals surface area contributed by atoms with Gasteiger partial charge in [0.2, 0.25) is 10.0 Å². The van der Waals surface area contributed by atoms with Crippen LogP contribution in [0.15, 0.2) is 29.2 Å². The number of nitrogens with one attached hydrogen (secondary N) is 1. The summed E-state index contributed by atoms with van der Waals surface area (Å²) in [5, 5.41) is 4.48. The monoisotopic (exact) mass is 308 g/mol. The maximum atomic E-state index is 12.2. The highest BCUT2D eigenvalue weighted by Crippen LogP contribution is 2.26. The SMILES string of the molecule is CCc1nn(-c2ccccc2S(=O)(=O)NC)c(CC)c1N. The molecule has 1 heterocycles. The minimum Gasteiger partial charge on any atom is -0.396 e. The quantitative estimate of drug-likeness (QED) is 0.875. The Kier molecular flexibility index (Phi) is 4.34. The molecule has 1 aromatic carbocycles. The first-order valence-electron chi connectivity index (χ1n) is 6.85. The van der Waals surface area contributed by atoms with Crippen LogP contribution in [-0.2, 0) is 22.9 Å². The highest BCUT2D eigenvalue weighted by Gasteiger charge is 2.21. The fraction of sp³-hybridized carbons (Fsp3) is 0.357. The third kappa shape index (κ3) is 2.66. The van der Waals surface area contributed by atoms with E-state index in [9.17, 15) is 8.42 Å². The van der Waals surface area contributed by atoms with Crippen LogP contribution in [0.1, 0.15) is 25.2 Å². The van der Waals surface area contributed by atoms with Gasteiger partial charge in [0, 0.05) is 0 Å². The molecule has 0 radical (unpaired) electrons. The molecule has 2 rings (SSSR count). The average molecular weight is 308 g/mol. The maximum Gasteiger partial charge on any atom is 0.242 e. The fourth-order valence-electron chi connectivity index (χ4n) is 2.29. The van der Waals surface area contributed by atoms with Crippen LogP contribution < -0.4 is 10.5 Å². The Morgan fingerprint density at radius 2 is 1.90 bits per heavy atom. The number of anilines is 1. The molecule has 0 saturated carbocycles. The number of hydrogen-bond acceptors (Lipinski definition) is 4.